The maximum absolute atomic E-state index is 5.80. The van der Waals surface area contributed by atoms with Crippen molar-refractivity contribution in [2.24, 2.45) is 0 Å². The van der Waals surface area contributed by atoms with Crippen LogP contribution < -0.4 is 16.0 Å². The fourth-order valence-corrected chi connectivity index (χ4v) is 2.55. The summed E-state index contributed by atoms with van der Waals surface area (Å²) in [6.45, 7) is 2.85. The molecule has 7 nitrogen and oxygen atoms in total. The van der Waals surface area contributed by atoms with Gasteiger partial charge in [0.25, 0.3) is 0 Å². The highest BCUT2D eigenvalue weighted by Gasteiger charge is 2.16. The van der Waals surface area contributed by atoms with E-state index in [2.05, 4.69) is 42.9 Å². The number of nitrogens with two attached hydrogens (primary N) is 1. The van der Waals surface area contributed by atoms with E-state index in [-0.39, 0.29) is 5.95 Å². The number of anilines is 4. The average molecular weight is 398 g/mol. The Hall–Kier alpha value is -1.68. The van der Waals surface area contributed by atoms with Gasteiger partial charge in [0.2, 0.25) is 17.8 Å². The summed E-state index contributed by atoms with van der Waals surface area (Å²) in [6.07, 6.45) is 0. The number of ether oxygens (including phenoxy) is 1. The molecule has 1 saturated heterocycles. The van der Waals surface area contributed by atoms with Crippen LogP contribution in [0.25, 0.3) is 0 Å². The van der Waals surface area contributed by atoms with Crippen LogP contribution in [0.5, 0.6) is 0 Å². The van der Waals surface area contributed by atoms with Gasteiger partial charge in [0, 0.05) is 16.7 Å². The smallest absolute Gasteiger partial charge is 0.233 e. The molecule has 1 aromatic carbocycles. The molecule has 0 amide bonds. The number of nitrogen functional groups attached to an aromatic ring is 1. The lowest BCUT2D eigenvalue weighted by atomic mass is 10.3. The fourth-order valence-electron chi connectivity index (χ4n) is 2.02. The molecule has 2 aromatic rings. The summed E-state index contributed by atoms with van der Waals surface area (Å²) in [4.78, 5) is 14.8. The highest BCUT2D eigenvalue weighted by molar-refractivity contribution is 14.1. The second-order valence-corrected chi connectivity index (χ2v) is 5.68. The van der Waals surface area contributed by atoms with Crippen LogP contribution in [0.3, 0.4) is 0 Å². The van der Waals surface area contributed by atoms with Crippen LogP contribution in [-0.4, -0.2) is 41.3 Å². The zero-order chi connectivity index (χ0) is 14.7. The lowest BCUT2D eigenvalue weighted by Gasteiger charge is -2.26. The van der Waals surface area contributed by atoms with Crippen molar-refractivity contribution >= 4 is 46.1 Å². The molecule has 0 saturated carbocycles. The summed E-state index contributed by atoms with van der Waals surface area (Å²) in [5.74, 6) is 1.24. The maximum Gasteiger partial charge on any atom is 0.233 e. The zero-order valence-corrected chi connectivity index (χ0v) is 13.4. The van der Waals surface area contributed by atoms with E-state index in [9.17, 15) is 0 Å². The Morgan fingerprint density at radius 2 is 1.90 bits per heavy atom. The predicted molar refractivity (Wildman–Crippen MR) is 89.7 cm³/mol. The molecule has 0 bridgehead atoms. The number of rotatable bonds is 3. The van der Waals surface area contributed by atoms with Gasteiger partial charge in [0.15, 0.2) is 0 Å². The summed E-state index contributed by atoms with van der Waals surface area (Å²) in [6, 6.07) is 7.91. The molecule has 0 spiro atoms. The third-order valence-corrected chi connectivity index (χ3v) is 4.00. The Kier molecular flexibility index (Phi) is 4.34. The van der Waals surface area contributed by atoms with Gasteiger partial charge in [0.1, 0.15) is 0 Å². The van der Waals surface area contributed by atoms with E-state index in [0.29, 0.717) is 25.1 Å². The Bertz CT molecular complexity index is 632. The molecule has 110 valence electrons. The number of halogens is 1. The van der Waals surface area contributed by atoms with Crippen molar-refractivity contribution in [3.8, 4) is 0 Å². The topological polar surface area (TPSA) is 89.2 Å². The van der Waals surface area contributed by atoms with Gasteiger partial charge in [-0.25, -0.2) is 0 Å². The molecule has 8 heteroatoms. The monoisotopic (exact) mass is 398 g/mol. The first kappa shape index (κ1) is 14.3. The average Bonchev–Trinajstić information content (AvgIpc) is 2.50. The minimum Gasteiger partial charge on any atom is -0.378 e. The van der Waals surface area contributed by atoms with Crippen molar-refractivity contribution in [1.29, 1.82) is 0 Å². The molecule has 21 heavy (non-hydrogen) atoms. The largest absolute Gasteiger partial charge is 0.378 e. The van der Waals surface area contributed by atoms with Gasteiger partial charge in [-0.2, -0.15) is 15.0 Å². The predicted octanol–water partition coefficient (Wildman–Crippen LogP) is 1.64. The third-order valence-electron chi connectivity index (χ3n) is 3.06. The first-order valence-corrected chi connectivity index (χ1v) is 7.66. The molecular weight excluding hydrogens is 383 g/mol. The fraction of sp³-hybridized carbons (Fsp3) is 0.308. The lowest BCUT2D eigenvalue weighted by molar-refractivity contribution is 0.122. The number of morpholine rings is 1. The van der Waals surface area contributed by atoms with Crippen molar-refractivity contribution in [2.75, 3.05) is 42.3 Å². The van der Waals surface area contributed by atoms with E-state index in [0.717, 1.165) is 22.3 Å². The molecule has 1 aliphatic rings. The number of nitrogens with one attached hydrogen (secondary N) is 1. The van der Waals surface area contributed by atoms with Gasteiger partial charge >= 0.3 is 0 Å². The van der Waals surface area contributed by atoms with Gasteiger partial charge in [-0.15, -0.1) is 0 Å². The molecule has 1 aromatic heterocycles. The van der Waals surface area contributed by atoms with Crippen molar-refractivity contribution in [2.45, 2.75) is 0 Å². The summed E-state index contributed by atoms with van der Waals surface area (Å²) < 4.78 is 6.42. The van der Waals surface area contributed by atoms with Crippen molar-refractivity contribution in [3.05, 3.63) is 27.8 Å². The van der Waals surface area contributed by atoms with Crippen LogP contribution in [0.1, 0.15) is 0 Å². The molecule has 0 aliphatic carbocycles. The van der Waals surface area contributed by atoms with Crippen molar-refractivity contribution < 1.29 is 4.74 Å². The lowest BCUT2D eigenvalue weighted by Crippen LogP contribution is -2.37. The molecule has 3 N–H and O–H groups in total. The van der Waals surface area contributed by atoms with Gasteiger partial charge in [-0.3, -0.25) is 0 Å². The van der Waals surface area contributed by atoms with Crippen LogP contribution in [0.15, 0.2) is 24.3 Å². The quantitative estimate of drug-likeness (QED) is 0.760. The van der Waals surface area contributed by atoms with Crippen LogP contribution in [0, 0.1) is 3.57 Å². The van der Waals surface area contributed by atoms with E-state index in [1.54, 1.807) is 0 Å². The molecule has 0 radical (unpaired) electrons. The number of para-hydroxylation sites is 1. The Morgan fingerprint density at radius 3 is 2.67 bits per heavy atom. The molecule has 0 atom stereocenters. The highest BCUT2D eigenvalue weighted by atomic mass is 127. The summed E-state index contributed by atoms with van der Waals surface area (Å²) >= 11 is 2.26. The summed E-state index contributed by atoms with van der Waals surface area (Å²) in [5, 5.41) is 3.18. The zero-order valence-electron chi connectivity index (χ0n) is 11.3. The summed E-state index contributed by atoms with van der Waals surface area (Å²) in [5.41, 5.74) is 6.74. The SMILES string of the molecule is Nc1nc(Nc2ccccc2I)nc(N2CCOCC2)n1. The number of benzene rings is 1. The molecular formula is C13H15IN6O. The number of aromatic nitrogens is 3. The first-order valence-electron chi connectivity index (χ1n) is 6.58. The second-order valence-electron chi connectivity index (χ2n) is 4.52. The minimum atomic E-state index is 0.208. The van der Waals surface area contributed by atoms with E-state index in [1.807, 2.05) is 29.2 Å². The maximum atomic E-state index is 5.80. The van der Waals surface area contributed by atoms with Gasteiger partial charge in [0.05, 0.1) is 18.9 Å². The normalized spacial score (nSPS) is 15.0. The number of hydrogen-bond acceptors (Lipinski definition) is 7. The Morgan fingerprint density at radius 1 is 1.14 bits per heavy atom. The van der Waals surface area contributed by atoms with Crippen LogP contribution in [0.4, 0.5) is 23.5 Å². The third kappa shape index (κ3) is 3.50. The molecule has 1 fully saturated rings. The van der Waals surface area contributed by atoms with E-state index >= 15 is 0 Å². The van der Waals surface area contributed by atoms with E-state index in [4.69, 9.17) is 10.5 Å². The van der Waals surface area contributed by atoms with Gasteiger partial charge in [-0.1, -0.05) is 12.1 Å². The van der Waals surface area contributed by atoms with Crippen LogP contribution in [-0.2, 0) is 4.74 Å². The first-order chi connectivity index (χ1) is 10.2. The van der Waals surface area contributed by atoms with Crippen molar-refractivity contribution in [1.82, 2.24) is 15.0 Å². The highest BCUT2D eigenvalue weighted by Crippen LogP contribution is 2.21. The van der Waals surface area contributed by atoms with E-state index in [1.165, 1.54) is 0 Å². The van der Waals surface area contributed by atoms with Gasteiger partial charge < -0.3 is 20.7 Å². The number of nitrogens with zero attached hydrogens (tertiary/aromatic N) is 4. The second kappa shape index (κ2) is 6.39. The minimum absolute atomic E-state index is 0.208. The number of hydrogen-bond donors (Lipinski definition) is 2. The molecule has 2 heterocycles. The van der Waals surface area contributed by atoms with Crippen LogP contribution in [0.2, 0.25) is 0 Å². The van der Waals surface area contributed by atoms with Crippen molar-refractivity contribution in [3.63, 3.8) is 0 Å². The summed E-state index contributed by atoms with van der Waals surface area (Å²) in [7, 11) is 0. The standard InChI is InChI=1S/C13H15IN6O/c14-9-3-1-2-4-10(9)16-12-17-11(15)18-13(19-12)20-5-7-21-8-6-20/h1-4H,5-8H2,(H3,15,16,17,18,19). The van der Waals surface area contributed by atoms with Gasteiger partial charge in [-0.05, 0) is 34.7 Å². The Balaban J connectivity index is 1.85. The molecule has 1 aliphatic heterocycles. The van der Waals surface area contributed by atoms with Crippen LogP contribution >= 0.6 is 22.6 Å². The molecule has 0 unspecified atom stereocenters. The Labute approximate surface area is 136 Å². The molecule has 3 rings (SSSR count). The van der Waals surface area contributed by atoms with E-state index < -0.39 is 0 Å².